The molecule has 0 radical (unpaired) electrons. The number of nitrogens with one attached hydrogen (secondary N) is 1. The summed E-state index contributed by atoms with van der Waals surface area (Å²) in [6, 6.07) is 2.57. The minimum atomic E-state index is -2.52. The van der Waals surface area contributed by atoms with Crippen molar-refractivity contribution < 1.29 is 13.3 Å². The van der Waals surface area contributed by atoms with Crippen molar-refractivity contribution in [3.05, 3.63) is 12.3 Å². The summed E-state index contributed by atoms with van der Waals surface area (Å²) >= 11 is 0. The molecule has 7 nitrogen and oxygen atoms in total. The van der Waals surface area contributed by atoms with Gasteiger partial charge in [0.05, 0.1) is 6.20 Å². The van der Waals surface area contributed by atoms with Crippen LogP contribution in [-0.2, 0) is 13.3 Å². The first-order valence-electron chi connectivity index (χ1n) is 7.06. The standard InChI is InChI=1S/C12H24N4O3Si/c1-4-17-20(18-5-2,19-6-3)11-7-9-13-12-8-10-14-16-15-12/h8,10H,4-7,9,11H2,1-3H3,(H,13,14,15). The van der Waals surface area contributed by atoms with Gasteiger partial charge >= 0.3 is 8.80 Å². The van der Waals surface area contributed by atoms with Crippen molar-refractivity contribution >= 4 is 14.6 Å². The number of hydrogen-bond acceptors (Lipinski definition) is 7. The Morgan fingerprint density at radius 2 is 1.75 bits per heavy atom. The molecule has 1 rings (SSSR count). The fourth-order valence-electron chi connectivity index (χ4n) is 1.86. The Balaban J connectivity index is 2.40. The lowest BCUT2D eigenvalue weighted by atomic mass is 10.4. The van der Waals surface area contributed by atoms with Gasteiger partial charge in [0.15, 0.2) is 5.82 Å². The Kier molecular flexibility index (Phi) is 8.27. The van der Waals surface area contributed by atoms with E-state index >= 15 is 0 Å². The SMILES string of the molecule is CCO[Si](CCCNc1ccnnn1)(OCC)OCC. The summed E-state index contributed by atoms with van der Waals surface area (Å²) in [6.07, 6.45) is 2.49. The monoisotopic (exact) mass is 300 g/mol. The minimum absolute atomic E-state index is 0.607. The van der Waals surface area contributed by atoms with Crippen LogP contribution in [0.5, 0.6) is 0 Å². The van der Waals surface area contributed by atoms with Gasteiger partial charge < -0.3 is 18.6 Å². The number of hydrogen-bond donors (Lipinski definition) is 1. The molecule has 20 heavy (non-hydrogen) atoms. The fraction of sp³-hybridized carbons (Fsp3) is 0.750. The first-order chi connectivity index (χ1) is 9.76. The summed E-state index contributed by atoms with van der Waals surface area (Å²) in [5.41, 5.74) is 0. The lowest BCUT2D eigenvalue weighted by Gasteiger charge is -2.28. The van der Waals surface area contributed by atoms with Crippen LogP contribution in [0.3, 0.4) is 0 Å². The van der Waals surface area contributed by atoms with Crippen LogP contribution in [0.4, 0.5) is 5.82 Å². The summed E-state index contributed by atoms with van der Waals surface area (Å²) in [6.45, 7) is 8.47. The first kappa shape index (κ1) is 17.0. The molecule has 0 amide bonds. The molecule has 0 fully saturated rings. The predicted octanol–water partition coefficient (Wildman–Crippen LogP) is 1.72. The maximum absolute atomic E-state index is 5.79. The van der Waals surface area contributed by atoms with Crippen LogP contribution in [0.2, 0.25) is 6.04 Å². The van der Waals surface area contributed by atoms with Crippen molar-refractivity contribution in [1.29, 1.82) is 0 Å². The molecule has 0 unspecified atom stereocenters. The van der Waals surface area contributed by atoms with E-state index in [9.17, 15) is 0 Å². The third-order valence-corrected chi connectivity index (χ3v) is 5.71. The zero-order chi connectivity index (χ0) is 14.7. The van der Waals surface area contributed by atoms with Gasteiger partial charge in [0.2, 0.25) is 0 Å². The molecule has 1 aromatic heterocycles. The van der Waals surface area contributed by atoms with Crippen LogP contribution in [0.15, 0.2) is 12.3 Å². The Hall–Kier alpha value is -1.09. The van der Waals surface area contributed by atoms with Crippen LogP contribution < -0.4 is 5.32 Å². The molecule has 114 valence electrons. The molecule has 0 aliphatic rings. The average molecular weight is 300 g/mol. The second-order valence-corrected chi connectivity index (χ2v) is 6.75. The second kappa shape index (κ2) is 9.75. The normalized spacial score (nSPS) is 11.6. The highest BCUT2D eigenvalue weighted by molar-refractivity contribution is 6.60. The Morgan fingerprint density at radius 3 is 2.25 bits per heavy atom. The van der Waals surface area contributed by atoms with E-state index in [2.05, 4.69) is 20.7 Å². The van der Waals surface area contributed by atoms with Gasteiger partial charge in [-0.2, -0.15) is 0 Å². The van der Waals surface area contributed by atoms with Crippen molar-refractivity contribution in [1.82, 2.24) is 15.4 Å². The van der Waals surface area contributed by atoms with Crippen LogP contribution in [0.25, 0.3) is 0 Å². The van der Waals surface area contributed by atoms with Gasteiger partial charge in [0.1, 0.15) is 0 Å². The molecule has 0 aliphatic carbocycles. The van der Waals surface area contributed by atoms with Crippen molar-refractivity contribution in [3.8, 4) is 0 Å². The van der Waals surface area contributed by atoms with E-state index in [0.29, 0.717) is 19.8 Å². The molecule has 0 saturated heterocycles. The van der Waals surface area contributed by atoms with E-state index in [-0.39, 0.29) is 0 Å². The molecule has 0 bridgehead atoms. The highest BCUT2D eigenvalue weighted by atomic mass is 28.4. The van der Waals surface area contributed by atoms with E-state index in [4.69, 9.17) is 13.3 Å². The van der Waals surface area contributed by atoms with E-state index in [1.165, 1.54) is 0 Å². The quantitative estimate of drug-likeness (QED) is 0.492. The molecule has 1 heterocycles. The molecule has 0 atom stereocenters. The van der Waals surface area contributed by atoms with E-state index in [1.807, 2.05) is 20.8 Å². The summed E-state index contributed by atoms with van der Waals surface area (Å²) in [4.78, 5) is 0. The molecule has 0 aliphatic heterocycles. The van der Waals surface area contributed by atoms with Crippen molar-refractivity contribution in [2.45, 2.75) is 33.2 Å². The summed E-state index contributed by atoms with van der Waals surface area (Å²) in [7, 11) is -2.52. The molecule has 0 aromatic carbocycles. The van der Waals surface area contributed by atoms with E-state index < -0.39 is 8.80 Å². The largest absolute Gasteiger partial charge is 0.500 e. The topological polar surface area (TPSA) is 78.4 Å². The second-order valence-electron chi connectivity index (χ2n) is 4.02. The molecule has 0 saturated carbocycles. The number of rotatable bonds is 11. The molecule has 1 aromatic rings. The van der Waals surface area contributed by atoms with Crippen molar-refractivity contribution in [2.75, 3.05) is 31.7 Å². The zero-order valence-electron chi connectivity index (χ0n) is 12.5. The number of nitrogens with zero attached hydrogens (tertiary/aromatic N) is 3. The minimum Gasteiger partial charge on any atom is -0.374 e. The van der Waals surface area contributed by atoms with Crippen LogP contribution >= 0.6 is 0 Å². The maximum Gasteiger partial charge on any atom is 0.500 e. The smallest absolute Gasteiger partial charge is 0.374 e. The van der Waals surface area contributed by atoms with Crippen molar-refractivity contribution in [2.24, 2.45) is 0 Å². The zero-order valence-corrected chi connectivity index (χ0v) is 13.5. The fourth-order valence-corrected chi connectivity index (χ4v) is 4.47. The third-order valence-electron chi connectivity index (χ3n) is 2.56. The van der Waals surface area contributed by atoms with Gasteiger partial charge in [-0.3, -0.25) is 0 Å². The van der Waals surface area contributed by atoms with Crippen LogP contribution in [-0.4, -0.2) is 50.6 Å². The highest BCUT2D eigenvalue weighted by Gasteiger charge is 2.39. The Morgan fingerprint density at radius 1 is 1.10 bits per heavy atom. The summed E-state index contributed by atoms with van der Waals surface area (Å²) in [5, 5.41) is 14.3. The summed E-state index contributed by atoms with van der Waals surface area (Å²) in [5.74, 6) is 0.719. The van der Waals surface area contributed by atoms with Gasteiger partial charge in [-0.05, 0) is 32.4 Å². The predicted molar refractivity (Wildman–Crippen MR) is 78.4 cm³/mol. The van der Waals surface area contributed by atoms with E-state index in [1.54, 1.807) is 12.3 Å². The van der Waals surface area contributed by atoms with Gasteiger partial charge in [-0.15, -0.1) is 10.2 Å². The van der Waals surface area contributed by atoms with Gasteiger partial charge in [0.25, 0.3) is 0 Å². The van der Waals surface area contributed by atoms with Gasteiger partial charge in [0, 0.05) is 38.5 Å². The molecule has 8 heteroatoms. The average Bonchev–Trinajstić information content (AvgIpc) is 2.46. The Bertz CT molecular complexity index is 339. The molecular formula is C12H24N4O3Si. The lowest BCUT2D eigenvalue weighted by Crippen LogP contribution is -2.46. The van der Waals surface area contributed by atoms with E-state index in [0.717, 1.165) is 24.8 Å². The Labute approximate surface area is 121 Å². The van der Waals surface area contributed by atoms with Crippen LogP contribution in [0.1, 0.15) is 27.2 Å². The number of aromatic nitrogens is 3. The molecular weight excluding hydrogens is 276 g/mol. The lowest BCUT2D eigenvalue weighted by molar-refractivity contribution is 0.0710. The molecule has 1 N–H and O–H groups in total. The first-order valence-corrected chi connectivity index (χ1v) is 8.99. The number of anilines is 1. The maximum atomic E-state index is 5.79. The van der Waals surface area contributed by atoms with Crippen LogP contribution in [0, 0.1) is 0 Å². The molecule has 0 spiro atoms. The van der Waals surface area contributed by atoms with Gasteiger partial charge in [-0.25, -0.2) is 0 Å². The highest BCUT2D eigenvalue weighted by Crippen LogP contribution is 2.18. The summed E-state index contributed by atoms with van der Waals surface area (Å²) < 4.78 is 17.4. The van der Waals surface area contributed by atoms with Gasteiger partial charge in [-0.1, -0.05) is 0 Å². The van der Waals surface area contributed by atoms with Crippen molar-refractivity contribution in [3.63, 3.8) is 0 Å². The third kappa shape index (κ3) is 5.91.